The summed E-state index contributed by atoms with van der Waals surface area (Å²) >= 11 is 0. The van der Waals surface area contributed by atoms with Crippen molar-refractivity contribution in [3.05, 3.63) is 102 Å². The molecule has 0 unspecified atom stereocenters. The predicted octanol–water partition coefficient (Wildman–Crippen LogP) is 4.33. The minimum absolute atomic E-state index is 0.118. The molecule has 4 rings (SSSR count). The molecule has 0 spiro atoms. The molecule has 0 saturated heterocycles. The number of nitrogens with zero attached hydrogens (tertiary/aromatic N) is 1. The molecule has 0 atom stereocenters. The van der Waals surface area contributed by atoms with Gasteiger partial charge in [0, 0.05) is 11.3 Å². The van der Waals surface area contributed by atoms with E-state index in [1.54, 1.807) is 42.5 Å². The smallest absolute Gasteiger partial charge is 0.275 e. The van der Waals surface area contributed by atoms with Gasteiger partial charge in [0.05, 0.1) is 11.8 Å². The van der Waals surface area contributed by atoms with Crippen LogP contribution in [0.15, 0.2) is 96.1 Å². The topological polar surface area (TPSA) is 100 Å². The maximum Gasteiger partial charge on any atom is 0.275 e. The van der Waals surface area contributed by atoms with Crippen LogP contribution in [0, 0.1) is 0 Å². The monoisotopic (exact) mass is 439 g/mol. The standard InChI is InChI=1S/C26H21N3O4/c30-23-15-19-9-5-4-8-18(19)14-22(23)26(32)29-27-16-20-10-6-7-13-24(20)33-17-25(31)28-21-11-2-1-3-12-21/h1-16,30H,17H2,(H,28,31)(H,29,32). The lowest BCUT2D eigenvalue weighted by Crippen LogP contribution is -2.20. The van der Waals surface area contributed by atoms with Crippen LogP contribution in [0.4, 0.5) is 5.69 Å². The Morgan fingerprint density at radius 1 is 0.879 bits per heavy atom. The van der Waals surface area contributed by atoms with Gasteiger partial charge in [-0.3, -0.25) is 9.59 Å². The van der Waals surface area contributed by atoms with Crippen LogP contribution < -0.4 is 15.5 Å². The first-order valence-corrected chi connectivity index (χ1v) is 10.2. The number of hydrogen-bond donors (Lipinski definition) is 3. The Kier molecular flexibility index (Phi) is 6.61. The van der Waals surface area contributed by atoms with Crippen molar-refractivity contribution in [2.75, 3.05) is 11.9 Å². The summed E-state index contributed by atoms with van der Waals surface area (Å²) in [5, 5.41) is 18.6. The Morgan fingerprint density at radius 2 is 1.55 bits per heavy atom. The number of para-hydroxylation sites is 2. The van der Waals surface area contributed by atoms with E-state index in [-0.39, 0.29) is 23.8 Å². The summed E-state index contributed by atoms with van der Waals surface area (Å²) in [6, 6.07) is 26.7. The van der Waals surface area contributed by atoms with Crippen molar-refractivity contribution in [1.29, 1.82) is 0 Å². The van der Waals surface area contributed by atoms with Gasteiger partial charge in [0.25, 0.3) is 11.8 Å². The van der Waals surface area contributed by atoms with E-state index in [0.29, 0.717) is 17.0 Å². The van der Waals surface area contributed by atoms with Crippen molar-refractivity contribution in [2.45, 2.75) is 0 Å². The summed E-state index contributed by atoms with van der Waals surface area (Å²) in [6.07, 6.45) is 1.42. The molecular weight excluding hydrogens is 418 g/mol. The molecular formula is C26H21N3O4. The van der Waals surface area contributed by atoms with Crippen LogP contribution in [0.1, 0.15) is 15.9 Å². The molecule has 7 nitrogen and oxygen atoms in total. The lowest BCUT2D eigenvalue weighted by molar-refractivity contribution is -0.118. The highest BCUT2D eigenvalue weighted by Gasteiger charge is 2.12. The van der Waals surface area contributed by atoms with Crippen molar-refractivity contribution in [3.63, 3.8) is 0 Å². The summed E-state index contributed by atoms with van der Waals surface area (Å²) in [5.74, 6) is -0.537. The molecule has 7 heteroatoms. The number of carbonyl (C=O) groups excluding carboxylic acids is 2. The first kappa shape index (κ1) is 21.6. The number of carbonyl (C=O) groups is 2. The average Bonchev–Trinajstić information content (AvgIpc) is 2.83. The Labute approximate surface area is 190 Å². The minimum atomic E-state index is -0.546. The summed E-state index contributed by atoms with van der Waals surface area (Å²) < 4.78 is 5.62. The number of nitrogens with one attached hydrogen (secondary N) is 2. The first-order chi connectivity index (χ1) is 16.1. The average molecular weight is 439 g/mol. The molecule has 0 aliphatic heterocycles. The quantitative estimate of drug-likeness (QED) is 0.295. The van der Waals surface area contributed by atoms with E-state index < -0.39 is 5.91 Å². The van der Waals surface area contributed by atoms with E-state index in [9.17, 15) is 14.7 Å². The number of hydrazone groups is 1. The zero-order valence-electron chi connectivity index (χ0n) is 17.6. The second-order valence-corrected chi connectivity index (χ2v) is 7.16. The highest BCUT2D eigenvalue weighted by Crippen LogP contribution is 2.25. The maximum absolute atomic E-state index is 12.5. The number of hydrogen-bond acceptors (Lipinski definition) is 5. The van der Waals surface area contributed by atoms with Gasteiger partial charge in [0.2, 0.25) is 0 Å². The molecule has 0 radical (unpaired) electrons. The summed E-state index contributed by atoms with van der Waals surface area (Å²) in [4.78, 5) is 24.6. The molecule has 3 N–H and O–H groups in total. The largest absolute Gasteiger partial charge is 0.507 e. The van der Waals surface area contributed by atoms with Crippen LogP contribution in [0.3, 0.4) is 0 Å². The van der Waals surface area contributed by atoms with Gasteiger partial charge in [-0.1, -0.05) is 54.6 Å². The molecule has 0 aliphatic rings. The van der Waals surface area contributed by atoms with Crippen LogP contribution in [0.5, 0.6) is 11.5 Å². The maximum atomic E-state index is 12.5. The fraction of sp³-hybridized carbons (Fsp3) is 0.0385. The lowest BCUT2D eigenvalue weighted by atomic mass is 10.1. The van der Waals surface area contributed by atoms with Gasteiger partial charge in [-0.15, -0.1) is 0 Å². The molecule has 0 aliphatic carbocycles. The highest BCUT2D eigenvalue weighted by atomic mass is 16.5. The number of phenolic OH excluding ortho intramolecular Hbond substituents is 1. The SMILES string of the molecule is O=C(COc1ccccc1C=NNC(=O)c1cc2ccccc2cc1O)Nc1ccccc1. The van der Waals surface area contributed by atoms with Crippen molar-refractivity contribution >= 4 is 34.5 Å². The van der Waals surface area contributed by atoms with E-state index in [4.69, 9.17) is 4.74 Å². The Hall–Kier alpha value is -4.65. The Bertz CT molecular complexity index is 1320. The number of anilines is 1. The fourth-order valence-electron chi connectivity index (χ4n) is 3.21. The predicted molar refractivity (Wildman–Crippen MR) is 128 cm³/mol. The molecule has 0 aromatic heterocycles. The summed E-state index contributed by atoms with van der Waals surface area (Å²) in [5.41, 5.74) is 3.79. The van der Waals surface area contributed by atoms with Crippen molar-refractivity contribution in [1.82, 2.24) is 5.43 Å². The van der Waals surface area contributed by atoms with Crippen molar-refractivity contribution in [3.8, 4) is 11.5 Å². The number of rotatable bonds is 7. The molecule has 0 heterocycles. The van der Waals surface area contributed by atoms with Gasteiger partial charge in [0.1, 0.15) is 11.5 Å². The Balaban J connectivity index is 1.39. The van der Waals surface area contributed by atoms with Gasteiger partial charge >= 0.3 is 0 Å². The molecule has 0 bridgehead atoms. The first-order valence-electron chi connectivity index (χ1n) is 10.2. The van der Waals surface area contributed by atoms with Gasteiger partial charge in [0.15, 0.2) is 6.61 Å². The summed E-state index contributed by atoms with van der Waals surface area (Å²) in [7, 11) is 0. The van der Waals surface area contributed by atoms with Crippen LogP contribution >= 0.6 is 0 Å². The number of benzene rings is 4. The third kappa shape index (κ3) is 5.54. The normalized spacial score (nSPS) is 10.8. The minimum Gasteiger partial charge on any atom is -0.507 e. The molecule has 4 aromatic carbocycles. The lowest BCUT2D eigenvalue weighted by Gasteiger charge is -2.09. The van der Waals surface area contributed by atoms with Gasteiger partial charge in [-0.2, -0.15) is 5.10 Å². The van der Waals surface area contributed by atoms with E-state index >= 15 is 0 Å². The zero-order valence-corrected chi connectivity index (χ0v) is 17.6. The second kappa shape index (κ2) is 10.1. The molecule has 2 amide bonds. The van der Waals surface area contributed by atoms with E-state index in [1.165, 1.54) is 12.3 Å². The second-order valence-electron chi connectivity index (χ2n) is 7.16. The van der Waals surface area contributed by atoms with Gasteiger partial charge in [-0.05, 0) is 47.2 Å². The van der Waals surface area contributed by atoms with E-state index in [2.05, 4.69) is 15.8 Å². The van der Waals surface area contributed by atoms with Crippen molar-refractivity contribution in [2.24, 2.45) is 5.10 Å². The third-order valence-electron chi connectivity index (χ3n) is 4.81. The highest BCUT2D eigenvalue weighted by molar-refractivity contribution is 6.01. The van der Waals surface area contributed by atoms with Crippen LogP contribution in [-0.2, 0) is 4.79 Å². The molecule has 0 saturated carbocycles. The number of ether oxygens (including phenoxy) is 1. The number of amides is 2. The van der Waals surface area contributed by atoms with E-state index in [0.717, 1.165) is 10.8 Å². The third-order valence-corrected chi connectivity index (χ3v) is 4.81. The van der Waals surface area contributed by atoms with Crippen LogP contribution in [0.2, 0.25) is 0 Å². The van der Waals surface area contributed by atoms with Crippen molar-refractivity contribution < 1.29 is 19.4 Å². The number of phenols is 1. The molecule has 0 fully saturated rings. The van der Waals surface area contributed by atoms with E-state index in [1.807, 2.05) is 42.5 Å². The summed E-state index contributed by atoms with van der Waals surface area (Å²) in [6.45, 7) is -0.183. The number of fused-ring (bicyclic) bond motifs is 1. The molecule has 33 heavy (non-hydrogen) atoms. The number of aromatic hydroxyl groups is 1. The van der Waals surface area contributed by atoms with Gasteiger partial charge in [-0.25, -0.2) is 5.43 Å². The Morgan fingerprint density at radius 3 is 2.33 bits per heavy atom. The van der Waals surface area contributed by atoms with Crippen LogP contribution in [0.25, 0.3) is 10.8 Å². The van der Waals surface area contributed by atoms with Crippen LogP contribution in [-0.4, -0.2) is 29.7 Å². The fourth-order valence-corrected chi connectivity index (χ4v) is 3.21. The zero-order chi connectivity index (χ0) is 23.0. The molecule has 4 aromatic rings. The molecule has 164 valence electrons. The van der Waals surface area contributed by atoms with Gasteiger partial charge < -0.3 is 15.2 Å².